The number of nitrogens with zero attached hydrogens (tertiary/aromatic N) is 6. The second-order valence-electron chi connectivity index (χ2n) is 11.0. The van der Waals surface area contributed by atoms with E-state index in [1.165, 1.54) is 6.26 Å². The third-order valence-corrected chi connectivity index (χ3v) is 8.84. The number of methoxy groups -OCH3 is 1. The van der Waals surface area contributed by atoms with Crippen molar-refractivity contribution in [1.29, 1.82) is 4.78 Å². The number of rotatable bonds is 8. The number of halogens is 1. The van der Waals surface area contributed by atoms with Gasteiger partial charge in [0.25, 0.3) is 0 Å². The van der Waals surface area contributed by atoms with Crippen LogP contribution in [0.15, 0.2) is 30.7 Å². The van der Waals surface area contributed by atoms with Crippen molar-refractivity contribution in [3.63, 3.8) is 0 Å². The molecule has 1 unspecified atom stereocenters. The number of pyridine rings is 2. The first-order valence-corrected chi connectivity index (χ1v) is 15.5. The zero-order valence-electron chi connectivity index (χ0n) is 23.1. The van der Waals surface area contributed by atoms with Crippen molar-refractivity contribution in [2.24, 2.45) is 5.92 Å². The molecule has 3 aromatic heterocycles. The summed E-state index contributed by atoms with van der Waals surface area (Å²) in [5.41, 5.74) is 1.12. The fraction of sp³-hybridized carbons (Fsp3) is 0.556. The second-order valence-corrected chi connectivity index (χ2v) is 13.4. The van der Waals surface area contributed by atoms with Crippen molar-refractivity contribution < 1.29 is 13.3 Å². The Morgan fingerprint density at radius 2 is 2.00 bits per heavy atom. The summed E-state index contributed by atoms with van der Waals surface area (Å²) < 4.78 is 39.5. The van der Waals surface area contributed by atoms with Gasteiger partial charge in [-0.3, -0.25) is 8.99 Å². The zero-order chi connectivity index (χ0) is 27.9. The Bertz CT molecular complexity index is 1450. The van der Waals surface area contributed by atoms with E-state index in [2.05, 4.69) is 45.9 Å². The number of alkyl halides is 1. The van der Waals surface area contributed by atoms with Crippen LogP contribution in [0.4, 0.5) is 27.8 Å². The van der Waals surface area contributed by atoms with E-state index in [0.717, 1.165) is 28.7 Å². The van der Waals surface area contributed by atoms with Gasteiger partial charge in [-0.25, -0.2) is 19.3 Å². The van der Waals surface area contributed by atoms with Crippen LogP contribution in [0.3, 0.4) is 0 Å². The average Bonchev–Trinajstić information content (AvgIpc) is 2.89. The molecule has 0 radical (unpaired) electrons. The lowest BCUT2D eigenvalue weighted by atomic mass is 9.90. The van der Waals surface area contributed by atoms with Crippen molar-refractivity contribution >= 4 is 43.9 Å². The zero-order valence-corrected chi connectivity index (χ0v) is 23.9. The first-order valence-electron chi connectivity index (χ1n) is 13.3. The minimum absolute atomic E-state index is 0.145. The highest BCUT2D eigenvalue weighted by molar-refractivity contribution is 7.91. The molecule has 210 valence electrons. The lowest BCUT2D eigenvalue weighted by Crippen LogP contribution is -2.57. The average molecular weight is 557 g/mol. The maximum Gasteiger partial charge on any atom is 0.227 e. The summed E-state index contributed by atoms with van der Waals surface area (Å²) in [6.45, 7) is 7.91. The minimum atomic E-state index is -2.54. The number of hydrogen-bond donors (Lipinski definition) is 2. The van der Waals surface area contributed by atoms with E-state index in [1.54, 1.807) is 19.4 Å². The molecule has 2 fully saturated rings. The number of aromatic nitrogens is 4. The van der Waals surface area contributed by atoms with Gasteiger partial charge in [0.15, 0.2) is 0 Å². The lowest BCUT2D eigenvalue weighted by molar-refractivity contribution is 0.0194. The van der Waals surface area contributed by atoms with Crippen LogP contribution in [-0.4, -0.2) is 81.2 Å². The fourth-order valence-corrected chi connectivity index (χ4v) is 6.70. The SMILES string of the molecule is CO[C@H]1CCN(c2nccc(Nc3cc4c(C(C)C)cnc(N5CC(C[S@@](C)(=N)=O)[C@H]5C)c4cn3)n2)C[C@H]1F. The monoisotopic (exact) mass is 556 g/mol. The van der Waals surface area contributed by atoms with Crippen LogP contribution >= 0.6 is 0 Å². The minimum Gasteiger partial charge on any atom is -0.378 e. The van der Waals surface area contributed by atoms with Gasteiger partial charge in [0.1, 0.15) is 23.6 Å². The van der Waals surface area contributed by atoms with Crippen LogP contribution < -0.4 is 15.1 Å². The van der Waals surface area contributed by atoms with E-state index in [0.29, 0.717) is 36.3 Å². The maximum atomic E-state index is 14.4. The van der Waals surface area contributed by atoms with Crippen molar-refractivity contribution in [3.8, 4) is 0 Å². The van der Waals surface area contributed by atoms with Crippen molar-refractivity contribution in [2.75, 3.05) is 53.9 Å². The molecule has 39 heavy (non-hydrogen) atoms. The smallest absolute Gasteiger partial charge is 0.227 e. The Morgan fingerprint density at radius 1 is 1.21 bits per heavy atom. The van der Waals surface area contributed by atoms with E-state index in [-0.39, 0.29) is 24.4 Å². The normalized spacial score (nSPS) is 25.0. The van der Waals surface area contributed by atoms with E-state index in [9.17, 15) is 8.60 Å². The molecule has 2 aliphatic rings. The van der Waals surface area contributed by atoms with Crippen molar-refractivity contribution in [1.82, 2.24) is 19.9 Å². The molecular weight excluding hydrogens is 519 g/mol. The molecule has 2 N–H and O–H groups in total. The van der Waals surface area contributed by atoms with Gasteiger partial charge < -0.3 is 19.9 Å². The number of hydrogen-bond acceptors (Lipinski definition) is 10. The summed E-state index contributed by atoms with van der Waals surface area (Å²) in [5.74, 6) is 3.41. The van der Waals surface area contributed by atoms with Crippen LogP contribution in [0.2, 0.25) is 0 Å². The summed E-state index contributed by atoms with van der Waals surface area (Å²) in [6.07, 6.45) is 6.03. The second kappa shape index (κ2) is 10.8. The standard InChI is InChI=1S/C27H37FN8O2S/c1-16(2)20-11-32-26(36-13-18(17(36)3)15-39(5,29)37)21-12-31-25(10-19(20)21)33-24-6-8-30-27(34-24)35-9-7-23(38-4)22(28)14-35/h6,8,10-12,16-18,22-23,29H,7,9,13-15H2,1-5H3,(H,30,31,33,34)/t17-,18?,22-,23+,39+/m1/s1. The van der Waals surface area contributed by atoms with E-state index >= 15 is 0 Å². The van der Waals surface area contributed by atoms with Gasteiger partial charge >= 0.3 is 0 Å². The van der Waals surface area contributed by atoms with Gasteiger partial charge in [0.2, 0.25) is 5.95 Å². The summed E-state index contributed by atoms with van der Waals surface area (Å²) in [4.78, 5) is 22.5. The Kier molecular flexibility index (Phi) is 7.60. The first kappa shape index (κ1) is 27.4. The lowest BCUT2D eigenvalue weighted by Gasteiger charge is -2.47. The van der Waals surface area contributed by atoms with Crippen LogP contribution in [0.25, 0.3) is 10.8 Å². The van der Waals surface area contributed by atoms with Crippen molar-refractivity contribution in [3.05, 3.63) is 36.3 Å². The molecule has 10 nitrogen and oxygen atoms in total. The molecule has 2 aliphatic heterocycles. The molecule has 0 saturated carbocycles. The quantitative estimate of drug-likeness (QED) is 0.417. The number of anilines is 4. The molecule has 0 bridgehead atoms. The molecule has 12 heteroatoms. The van der Waals surface area contributed by atoms with E-state index < -0.39 is 22.0 Å². The first-order chi connectivity index (χ1) is 18.5. The van der Waals surface area contributed by atoms with Crippen molar-refractivity contribution in [2.45, 2.75) is 51.4 Å². The number of fused-ring (bicyclic) bond motifs is 1. The van der Waals surface area contributed by atoms with Crippen LogP contribution in [0, 0.1) is 10.7 Å². The predicted molar refractivity (Wildman–Crippen MR) is 153 cm³/mol. The number of ether oxygens (including phenoxy) is 1. The molecule has 5 heterocycles. The fourth-order valence-electron chi connectivity index (χ4n) is 5.50. The maximum absolute atomic E-state index is 14.4. The van der Waals surface area contributed by atoms with E-state index in [1.807, 2.05) is 23.4 Å². The van der Waals surface area contributed by atoms with Gasteiger partial charge in [0.05, 0.1) is 12.6 Å². The molecule has 0 spiro atoms. The van der Waals surface area contributed by atoms with Crippen LogP contribution in [-0.2, 0) is 14.5 Å². The third-order valence-electron chi connectivity index (χ3n) is 7.78. The molecule has 0 aromatic carbocycles. The Balaban J connectivity index is 1.40. The van der Waals surface area contributed by atoms with E-state index in [4.69, 9.17) is 14.5 Å². The van der Waals surface area contributed by atoms with Gasteiger partial charge in [-0.15, -0.1) is 0 Å². The largest absolute Gasteiger partial charge is 0.378 e. The Labute approximate surface area is 229 Å². The molecule has 2 saturated heterocycles. The number of nitrogens with one attached hydrogen (secondary N) is 2. The molecule has 3 aromatic rings. The molecular formula is C27H37FN8O2S. The number of piperidine rings is 1. The summed E-state index contributed by atoms with van der Waals surface area (Å²) >= 11 is 0. The van der Waals surface area contributed by atoms with Crippen LogP contribution in [0.5, 0.6) is 0 Å². The third kappa shape index (κ3) is 5.76. The molecule has 5 rings (SSSR count). The molecule has 0 amide bonds. The summed E-state index contributed by atoms with van der Waals surface area (Å²) in [6, 6.07) is 3.93. The summed E-state index contributed by atoms with van der Waals surface area (Å²) in [7, 11) is -1.00. The molecule has 5 atom stereocenters. The van der Waals surface area contributed by atoms with Gasteiger partial charge in [-0.1, -0.05) is 13.8 Å². The molecule has 0 aliphatic carbocycles. The van der Waals surface area contributed by atoms with Gasteiger partial charge in [-0.2, -0.15) is 4.98 Å². The van der Waals surface area contributed by atoms with Gasteiger partial charge in [-0.05, 0) is 42.3 Å². The van der Waals surface area contributed by atoms with Crippen LogP contribution in [0.1, 0.15) is 38.7 Å². The highest BCUT2D eigenvalue weighted by Gasteiger charge is 2.38. The highest BCUT2D eigenvalue weighted by Crippen LogP contribution is 2.38. The Morgan fingerprint density at radius 3 is 2.67 bits per heavy atom. The predicted octanol–water partition coefficient (Wildman–Crippen LogP) is 4.35. The topological polar surface area (TPSA) is 120 Å². The van der Waals surface area contributed by atoms with Gasteiger partial charge in [0, 0.05) is 77.9 Å². The summed E-state index contributed by atoms with van der Waals surface area (Å²) in [5, 5.41) is 5.31. The Hall–Kier alpha value is -3.12. The highest BCUT2D eigenvalue weighted by atomic mass is 32.2.